The van der Waals surface area contributed by atoms with Gasteiger partial charge in [-0.1, -0.05) is 36.4 Å². The molecule has 3 aromatic carbocycles. The van der Waals surface area contributed by atoms with Crippen LogP contribution >= 0.6 is 0 Å². The molecule has 3 aliphatic rings. The van der Waals surface area contributed by atoms with Crippen molar-refractivity contribution in [2.24, 2.45) is 22.7 Å². The van der Waals surface area contributed by atoms with Crippen molar-refractivity contribution in [3.05, 3.63) is 82.9 Å². The number of nitrogens with zero attached hydrogens (tertiary/aromatic N) is 2. The van der Waals surface area contributed by atoms with E-state index in [1.54, 1.807) is 20.8 Å². The molecule has 20 heteroatoms. The van der Waals surface area contributed by atoms with Crippen molar-refractivity contribution in [2.45, 2.75) is 115 Å². The highest BCUT2D eigenvalue weighted by molar-refractivity contribution is 6.01. The van der Waals surface area contributed by atoms with Gasteiger partial charge < -0.3 is 30.7 Å². The summed E-state index contributed by atoms with van der Waals surface area (Å²) in [5, 5.41) is 15.9. The summed E-state index contributed by atoms with van der Waals surface area (Å²) in [6.45, 7) is 9.60. The molecule has 1 saturated heterocycles. The monoisotopic (exact) mass is 979 g/mol. The van der Waals surface area contributed by atoms with Crippen LogP contribution in [-0.4, -0.2) is 102 Å². The molecule has 1 atom stereocenters. The lowest BCUT2D eigenvalue weighted by molar-refractivity contribution is -0.249. The average Bonchev–Trinajstić information content (AvgIpc) is 3.70. The molecular formula is C49H57F8N5O7. The van der Waals surface area contributed by atoms with Crippen molar-refractivity contribution < 1.29 is 68.9 Å². The molecule has 69 heavy (non-hydrogen) atoms. The molecule has 3 amide bonds. The Morgan fingerprint density at radius 2 is 1.46 bits per heavy atom. The minimum atomic E-state index is -5.80. The lowest BCUT2D eigenvalue weighted by atomic mass is 9.77. The number of ether oxygens (including phenoxy) is 1. The second kappa shape index (κ2) is 22.2. The summed E-state index contributed by atoms with van der Waals surface area (Å²) in [5.74, 6) is -9.51. The van der Waals surface area contributed by atoms with E-state index in [-0.39, 0.29) is 59.3 Å². The molecule has 1 saturated carbocycles. The van der Waals surface area contributed by atoms with Gasteiger partial charge in [0.15, 0.2) is 0 Å². The first-order chi connectivity index (χ1) is 32.1. The molecule has 1 aliphatic carbocycles. The smallest absolute Gasteiger partial charge is 0.475 e. The Bertz CT molecular complexity index is 2370. The maximum Gasteiger partial charge on any atom is 0.490 e. The Morgan fingerprint density at radius 3 is 2.03 bits per heavy atom. The van der Waals surface area contributed by atoms with Crippen molar-refractivity contribution in [3.8, 4) is 11.1 Å². The number of hydrogen-bond acceptors (Lipinski definition) is 8. The van der Waals surface area contributed by atoms with Gasteiger partial charge in [-0.05, 0) is 151 Å². The minimum absolute atomic E-state index is 0.0755. The zero-order valence-electron chi connectivity index (χ0n) is 38.9. The number of fused-ring (bicyclic) bond motifs is 1. The van der Waals surface area contributed by atoms with Crippen LogP contribution in [0.5, 0.6) is 0 Å². The van der Waals surface area contributed by atoms with E-state index in [4.69, 9.17) is 14.6 Å². The summed E-state index contributed by atoms with van der Waals surface area (Å²) >= 11 is 0. The molecule has 376 valence electrons. The number of anilines is 1. The van der Waals surface area contributed by atoms with Gasteiger partial charge >= 0.3 is 30.3 Å². The predicted octanol–water partition coefficient (Wildman–Crippen LogP) is 10.0. The highest BCUT2D eigenvalue weighted by atomic mass is 19.4. The van der Waals surface area contributed by atoms with E-state index in [9.17, 15) is 54.3 Å². The van der Waals surface area contributed by atoms with Crippen molar-refractivity contribution in [1.82, 2.24) is 15.5 Å². The van der Waals surface area contributed by atoms with Crippen LogP contribution in [-0.2, 0) is 32.0 Å². The number of aryl methyl sites for hydroxylation is 1. The number of carboxylic acids is 1. The molecule has 12 nitrogen and oxygen atoms in total. The molecule has 4 N–H and O–H groups in total. The molecule has 0 radical (unpaired) electrons. The summed E-state index contributed by atoms with van der Waals surface area (Å²) < 4.78 is 105. The molecule has 2 heterocycles. The Morgan fingerprint density at radius 1 is 0.841 bits per heavy atom. The summed E-state index contributed by atoms with van der Waals surface area (Å²) in [6.07, 6.45) is -7.54. The largest absolute Gasteiger partial charge is 0.490 e. The van der Waals surface area contributed by atoms with Gasteiger partial charge in [-0.2, -0.15) is 35.1 Å². The minimum Gasteiger partial charge on any atom is -0.475 e. The number of piperidine rings is 1. The molecule has 2 fully saturated rings. The van der Waals surface area contributed by atoms with Crippen LogP contribution in [0.15, 0.2) is 65.7 Å². The number of amides is 3. The first-order valence-electron chi connectivity index (χ1n) is 22.5. The first kappa shape index (κ1) is 54.0. The molecule has 0 aromatic heterocycles. The average molecular weight is 980 g/mol. The number of Topliss-reactive ketones (excluding diaryl/α,β-unsaturated/α-hetero) is 1. The van der Waals surface area contributed by atoms with Crippen molar-refractivity contribution in [1.29, 1.82) is 0 Å². The number of alkyl carbamates (subject to hydrolysis) is 1. The number of alkyl halides is 8. The number of hydrogen-bond donors (Lipinski definition) is 4. The Balaban J connectivity index is 0.00000118. The Labute approximate surface area is 394 Å². The second-order valence-electron chi connectivity index (χ2n) is 18.9. The molecule has 2 aliphatic heterocycles. The van der Waals surface area contributed by atoms with Crippen molar-refractivity contribution >= 4 is 46.7 Å². The summed E-state index contributed by atoms with van der Waals surface area (Å²) in [6, 6.07) is 17.4. The number of rotatable bonds is 13. The number of halogens is 8. The van der Waals surface area contributed by atoms with Crippen LogP contribution in [0.25, 0.3) is 11.1 Å². The third-order valence-electron chi connectivity index (χ3n) is 12.3. The van der Waals surface area contributed by atoms with Gasteiger partial charge in [0.25, 0.3) is 5.91 Å². The van der Waals surface area contributed by atoms with E-state index >= 15 is 0 Å². The Kier molecular flexibility index (Phi) is 17.4. The maximum absolute atomic E-state index is 14.1. The predicted molar refractivity (Wildman–Crippen MR) is 242 cm³/mol. The molecule has 0 bridgehead atoms. The Hall–Kier alpha value is -5.92. The normalized spacial score (nSPS) is 18.4. The van der Waals surface area contributed by atoms with Crippen LogP contribution in [0.3, 0.4) is 0 Å². The van der Waals surface area contributed by atoms with Crippen LogP contribution in [0.2, 0.25) is 0 Å². The molecule has 0 unspecified atom stereocenters. The summed E-state index contributed by atoms with van der Waals surface area (Å²) in [4.78, 5) is 67.8. The standard InChI is InChI=1S/C47H56F5N5O5.C2HF3O2/c1-28-22-34(42(59)54-36-18-20-57(5)21-19-36)15-17-38(28)31-10-6-29(7-11-31)23-35(24-40(58)32-12-8-30(9-13-32)27-53-44(61)62-45(2,3)4)43(60)55-37-16-14-33-25-41(56-39(33)26-37)46(48,49)47(50,51)52;3-2(4,5)1(6)7/h6-7,10-11,14-17,22,26,30,32,35-36H,8-9,12-13,18-21,23-25,27H2,1-5H3,(H,53,61)(H,54,59)(H,55,60);(H,6,7)/t30?,32?,35-;/m1./s1. The second-order valence-corrected chi connectivity index (χ2v) is 18.9. The van der Waals surface area contributed by atoms with Crippen LogP contribution < -0.4 is 16.0 Å². The topological polar surface area (TPSA) is 166 Å². The van der Waals surface area contributed by atoms with E-state index in [1.165, 1.54) is 18.2 Å². The number of carbonyl (C=O) groups is 5. The fourth-order valence-corrected chi connectivity index (χ4v) is 8.40. The highest BCUT2D eigenvalue weighted by Gasteiger charge is 2.61. The lowest BCUT2D eigenvalue weighted by Crippen LogP contribution is -2.44. The summed E-state index contributed by atoms with van der Waals surface area (Å²) in [5.41, 5.74) is 2.41. The number of carbonyl (C=O) groups excluding carboxylic acids is 4. The fraction of sp³-hybridized carbons (Fsp3) is 0.510. The van der Waals surface area contributed by atoms with Gasteiger partial charge in [0.2, 0.25) is 5.91 Å². The van der Waals surface area contributed by atoms with Gasteiger partial charge in [-0.3, -0.25) is 19.4 Å². The first-order valence-corrected chi connectivity index (χ1v) is 22.5. The molecule has 3 aromatic rings. The quantitative estimate of drug-likeness (QED) is 0.123. The molecular weight excluding hydrogens is 923 g/mol. The van der Waals surface area contributed by atoms with Crippen molar-refractivity contribution in [2.75, 3.05) is 32.0 Å². The van der Waals surface area contributed by atoms with E-state index in [0.717, 1.165) is 48.2 Å². The maximum atomic E-state index is 14.1. The van der Waals surface area contributed by atoms with Gasteiger partial charge in [-0.15, -0.1) is 0 Å². The number of carboxylic acid groups (broad SMARTS) is 1. The third kappa shape index (κ3) is 15.3. The van der Waals surface area contributed by atoms with Crippen LogP contribution in [0.4, 0.5) is 51.3 Å². The number of benzene rings is 3. The van der Waals surface area contributed by atoms with Crippen LogP contribution in [0, 0.1) is 24.7 Å². The van der Waals surface area contributed by atoms with E-state index in [0.29, 0.717) is 37.8 Å². The third-order valence-corrected chi connectivity index (χ3v) is 12.3. The van der Waals surface area contributed by atoms with Crippen molar-refractivity contribution in [3.63, 3.8) is 0 Å². The molecule has 0 spiro atoms. The fourth-order valence-electron chi connectivity index (χ4n) is 8.40. The number of nitrogens with one attached hydrogen (secondary N) is 3. The zero-order chi connectivity index (χ0) is 51.1. The number of aliphatic carboxylic acids is 1. The van der Waals surface area contributed by atoms with Gasteiger partial charge in [0.1, 0.15) is 17.1 Å². The van der Waals surface area contributed by atoms with Crippen LogP contribution in [0.1, 0.15) is 92.8 Å². The number of aliphatic imine (C=N–C) groups is 1. The van der Waals surface area contributed by atoms with E-state index in [1.807, 2.05) is 49.4 Å². The van der Waals surface area contributed by atoms with Gasteiger partial charge in [0, 0.05) is 48.5 Å². The highest BCUT2D eigenvalue weighted by Crippen LogP contribution is 2.42. The number of likely N-dealkylation sites (tertiary alicyclic amines) is 1. The van der Waals surface area contributed by atoms with E-state index < -0.39 is 59.9 Å². The number of ketones is 1. The van der Waals surface area contributed by atoms with Gasteiger partial charge in [0.05, 0.1) is 5.69 Å². The van der Waals surface area contributed by atoms with E-state index in [2.05, 4.69) is 32.9 Å². The molecule has 6 rings (SSSR count). The van der Waals surface area contributed by atoms with Gasteiger partial charge in [-0.25, -0.2) is 9.59 Å². The zero-order valence-corrected chi connectivity index (χ0v) is 38.9. The SMILES string of the molecule is Cc1cc(C(=O)NC2CCN(C)CC2)ccc1-c1ccc(C[C@H](CC(=O)C2CCC(CNC(=O)OC(C)(C)C)CC2)C(=O)Nc2ccc3c(c2)N=C(C(F)(F)C(F)(F)F)C3)cc1.O=C(O)C(F)(F)F. The lowest BCUT2D eigenvalue weighted by Gasteiger charge is -2.29. The summed E-state index contributed by atoms with van der Waals surface area (Å²) in [7, 11) is 2.07.